The highest BCUT2D eigenvalue weighted by atomic mass is 16.7. The van der Waals surface area contributed by atoms with E-state index in [9.17, 15) is 9.59 Å². The van der Waals surface area contributed by atoms with Gasteiger partial charge in [-0.15, -0.1) is 0 Å². The van der Waals surface area contributed by atoms with E-state index in [2.05, 4.69) is 0 Å². The number of rotatable bonds is 5. The summed E-state index contributed by atoms with van der Waals surface area (Å²) in [6, 6.07) is 23.5. The fourth-order valence-electron chi connectivity index (χ4n) is 4.41. The van der Waals surface area contributed by atoms with Gasteiger partial charge in [0.25, 0.3) is 5.91 Å². The standard InChI is InChI=1S/C25H22N2O5/c1-30-18-14-12-16(13-15-18)22-21-23(32-27(22)17-8-4-3-5-9-17)25(29)26(24(21)28)19-10-6-7-11-20(19)31-2/h3-15,21-23H,1-2H3/t21-,22+,23+/m0/s1. The van der Waals surface area contributed by atoms with Gasteiger partial charge in [-0.25, -0.2) is 9.96 Å². The quantitative estimate of drug-likeness (QED) is 0.575. The van der Waals surface area contributed by atoms with Crippen LogP contribution in [-0.4, -0.2) is 32.1 Å². The first-order valence-corrected chi connectivity index (χ1v) is 10.3. The number of ether oxygens (including phenoxy) is 2. The molecule has 0 spiro atoms. The summed E-state index contributed by atoms with van der Waals surface area (Å²) in [5, 5.41) is 1.67. The number of carbonyl (C=O) groups excluding carboxylic acids is 2. The van der Waals surface area contributed by atoms with Gasteiger partial charge in [0.1, 0.15) is 17.4 Å². The SMILES string of the molecule is COc1ccc([C@@H]2[C@@H]3C(=O)N(c4ccccc4OC)C(=O)[C@@H]3ON2c2ccccc2)cc1. The molecule has 0 N–H and O–H groups in total. The average Bonchev–Trinajstić information content (AvgIpc) is 3.35. The molecule has 0 radical (unpaired) electrons. The number of hydroxylamine groups is 1. The van der Waals surface area contributed by atoms with E-state index in [1.807, 2.05) is 54.6 Å². The minimum atomic E-state index is -0.931. The van der Waals surface area contributed by atoms with Crippen molar-refractivity contribution < 1.29 is 23.9 Å². The number of nitrogens with zero attached hydrogens (tertiary/aromatic N) is 2. The monoisotopic (exact) mass is 430 g/mol. The highest BCUT2D eigenvalue weighted by molar-refractivity contribution is 6.24. The zero-order valence-electron chi connectivity index (χ0n) is 17.7. The summed E-state index contributed by atoms with van der Waals surface area (Å²) < 4.78 is 10.7. The van der Waals surface area contributed by atoms with E-state index in [4.69, 9.17) is 14.3 Å². The fourth-order valence-corrected chi connectivity index (χ4v) is 4.41. The molecule has 3 aromatic carbocycles. The molecule has 7 nitrogen and oxygen atoms in total. The van der Waals surface area contributed by atoms with Gasteiger partial charge in [-0.1, -0.05) is 42.5 Å². The predicted molar refractivity (Wildman–Crippen MR) is 119 cm³/mol. The zero-order chi connectivity index (χ0) is 22.2. The van der Waals surface area contributed by atoms with Crippen LogP contribution in [0, 0.1) is 5.92 Å². The third kappa shape index (κ3) is 3.09. The molecule has 162 valence electrons. The van der Waals surface area contributed by atoms with E-state index in [1.54, 1.807) is 36.4 Å². The van der Waals surface area contributed by atoms with Crippen LogP contribution in [0.3, 0.4) is 0 Å². The normalized spacial score (nSPS) is 22.2. The number of methoxy groups -OCH3 is 2. The lowest BCUT2D eigenvalue weighted by Gasteiger charge is -2.29. The average molecular weight is 430 g/mol. The maximum Gasteiger partial charge on any atom is 0.266 e. The van der Waals surface area contributed by atoms with E-state index >= 15 is 0 Å². The van der Waals surface area contributed by atoms with Crippen molar-refractivity contribution in [3.05, 3.63) is 84.4 Å². The van der Waals surface area contributed by atoms with Gasteiger partial charge in [-0.2, -0.15) is 0 Å². The van der Waals surface area contributed by atoms with E-state index in [-0.39, 0.29) is 5.91 Å². The second-order valence-corrected chi connectivity index (χ2v) is 7.61. The molecule has 2 aliphatic rings. The number of fused-ring (bicyclic) bond motifs is 1. The fraction of sp³-hybridized carbons (Fsp3) is 0.200. The van der Waals surface area contributed by atoms with E-state index in [1.165, 1.54) is 12.0 Å². The first-order chi connectivity index (χ1) is 15.6. The lowest BCUT2D eigenvalue weighted by atomic mass is 9.90. The van der Waals surface area contributed by atoms with Crippen molar-refractivity contribution in [1.29, 1.82) is 0 Å². The molecule has 0 aliphatic carbocycles. The minimum Gasteiger partial charge on any atom is -0.497 e. The number of hydrogen-bond acceptors (Lipinski definition) is 6. The van der Waals surface area contributed by atoms with Crippen molar-refractivity contribution in [2.45, 2.75) is 12.1 Å². The molecule has 7 heteroatoms. The van der Waals surface area contributed by atoms with Crippen LogP contribution >= 0.6 is 0 Å². The first-order valence-electron chi connectivity index (χ1n) is 10.3. The number of para-hydroxylation sites is 3. The molecule has 0 bridgehead atoms. The van der Waals surface area contributed by atoms with Crippen molar-refractivity contribution >= 4 is 23.2 Å². The summed E-state index contributed by atoms with van der Waals surface area (Å²) in [6.07, 6.45) is -0.931. The highest BCUT2D eigenvalue weighted by Gasteiger charge is 2.60. The molecule has 3 atom stereocenters. The molecular formula is C25H22N2O5. The van der Waals surface area contributed by atoms with Crippen LogP contribution in [0.15, 0.2) is 78.9 Å². The summed E-state index contributed by atoms with van der Waals surface area (Å²) in [5.41, 5.74) is 2.04. The molecule has 0 aromatic heterocycles. The van der Waals surface area contributed by atoms with Crippen LogP contribution in [0.5, 0.6) is 11.5 Å². The van der Waals surface area contributed by atoms with Gasteiger partial charge in [-0.05, 0) is 42.0 Å². The van der Waals surface area contributed by atoms with Crippen LogP contribution in [-0.2, 0) is 14.4 Å². The Labute approximate surface area is 185 Å². The Morgan fingerprint density at radius 2 is 1.47 bits per heavy atom. The largest absolute Gasteiger partial charge is 0.497 e. The molecular weight excluding hydrogens is 408 g/mol. The van der Waals surface area contributed by atoms with Crippen molar-refractivity contribution in [3.8, 4) is 11.5 Å². The molecule has 2 aliphatic heterocycles. The molecule has 2 heterocycles. The maximum atomic E-state index is 13.7. The summed E-state index contributed by atoms with van der Waals surface area (Å²) in [7, 11) is 3.11. The minimum absolute atomic E-state index is 0.316. The van der Waals surface area contributed by atoms with E-state index in [0.29, 0.717) is 17.2 Å². The van der Waals surface area contributed by atoms with Gasteiger partial charge in [0.2, 0.25) is 5.91 Å². The Hall–Kier alpha value is -3.84. The predicted octanol–water partition coefficient (Wildman–Crippen LogP) is 3.75. The maximum absolute atomic E-state index is 13.7. The first kappa shape index (κ1) is 20.1. The van der Waals surface area contributed by atoms with Gasteiger partial charge < -0.3 is 9.47 Å². The van der Waals surface area contributed by atoms with Gasteiger partial charge >= 0.3 is 0 Å². The van der Waals surface area contributed by atoms with Crippen LogP contribution < -0.4 is 19.4 Å². The lowest BCUT2D eigenvalue weighted by Crippen LogP contribution is -2.37. The second kappa shape index (κ2) is 8.01. The summed E-state index contributed by atoms with van der Waals surface area (Å²) in [5.74, 6) is -0.263. The molecule has 5 rings (SSSR count). The van der Waals surface area contributed by atoms with Crippen molar-refractivity contribution in [2.24, 2.45) is 5.92 Å². The van der Waals surface area contributed by atoms with Gasteiger partial charge in [0.05, 0.1) is 31.6 Å². The number of imide groups is 1. The Morgan fingerprint density at radius 1 is 0.781 bits per heavy atom. The molecule has 0 saturated carbocycles. The van der Waals surface area contributed by atoms with Crippen LogP contribution in [0.4, 0.5) is 11.4 Å². The van der Waals surface area contributed by atoms with E-state index in [0.717, 1.165) is 11.3 Å². The third-order valence-corrected chi connectivity index (χ3v) is 5.91. The Bertz CT molecular complexity index is 1150. The molecule has 2 saturated heterocycles. The number of amides is 2. The summed E-state index contributed by atoms with van der Waals surface area (Å²) >= 11 is 0. The van der Waals surface area contributed by atoms with E-state index < -0.39 is 24.0 Å². The van der Waals surface area contributed by atoms with Crippen LogP contribution in [0.2, 0.25) is 0 Å². The number of benzene rings is 3. The van der Waals surface area contributed by atoms with Crippen molar-refractivity contribution in [2.75, 3.05) is 24.2 Å². The third-order valence-electron chi connectivity index (χ3n) is 5.91. The zero-order valence-corrected chi connectivity index (χ0v) is 17.7. The Balaban J connectivity index is 1.59. The lowest BCUT2D eigenvalue weighted by molar-refractivity contribution is -0.126. The molecule has 2 fully saturated rings. The van der Waals surface area contributed by atoms with Crippen LogP contribution in [0.1, 0.15) is 11.6 Å². The molecule has 2 amide bonds. The van der Waals surface area contributed by atoms with Gasteiger partial charge in [0.15, 0.2) is 6.10 Å². The summed E-state index contributed by atoms with van der Waals surface area (Å²) in [4.78, 5) is 34.4. The number of hydrogen-bond donors (Lipinski definition) is 0. The summed E-state index contributed by atoms with van der Waals surface area (Å²) in [6.45, 7) is 0. The number of carbonyl (C=O) groups is 2. The molecule has 3 aromatic rings. The Morgan fingerprint density at radius 3 is 2.16 bits per heavy atom. The molecule has 32 heavy (non-hydrogen) atoms. The Kier molecular flexibility index (Phi) is 5.03. The highest BCUT2D eigenvalue weighted by Crippen LogP contribution is 2.48. The topological polar surface area (TPSA) is 68.3 Å². The van der Waals surface area contributed by atoms with Crippen molar-refractivity contribution in [1.82, 2.24) is 0 Å². The van der Waals surface area contributed by atoms with Crippen molar-refractivity contribution in [3.63, 3.8) is 0 Å². The van der Waals surface area contributed by atoms with Gasteiger partial charge in [-0.3, -0.25) is 14.4 Å². The second-order valence-electron chi connectivity index (χ2n) is 7.61. The number of anilines is 2. The van der Waals surface area contributed by atoms with Gasteiger partial charge in [0, 0.05) is 0 Å². The smallest absolute Gasteiger partial charge is 0.266 e. The van der Waals surface area contributed by atoms with Crippen LogP contribution in [0.25, 0.3) is 0 Å². The molecule has 0 unspecified atom stereocenters.